The second-order valence-electron chi connectivity index (χ2n) is 4.51. The largest absolute Gasteiger partial charge is 0.333 e. The maximum absolute atomic E-state index is 12.5. The topological polar surface area (TPSA) is 98.0 Å². The van der Waals surface area contributed by atoms with Crippen molar-refractivity contribution in [2.45, 2.75) is 0 Å². The Morgan fingerprint density at radius 2 is 1.86 bits per heavy atom. The van der Waals surface area contributed by atoms with E-state index in [1.54, 1.807) is 24.3 Å². The molecule has 0 fully saturated rings. The van der Waals surface area contributed by atoms with E-state index in [1.165, 1.54) is 18.2 Å². The molecule has 0 bridgehead atoms. The average molecular weight is 362 g/mol. The molecule has 0 unspecified atom stereocenters. The van der Waals surface area contributed by atoms with Gasteiger partial charge < -0.3 is 4.98 Å². The number of hydrogen-bond donors (Lipinski definition) is 1. The number of nitrogens with one attached hydrogen (secondary N) is 1. The van der Waals surface area contributed by atoms with Crippen LogP contribution in [0.2, 0.25) is 0 Å². The van der Waals surface area contributed by atoms with E-state index in [0.29, 0.717) is 10.9 Å². The van der Waals surface area contributed by atoms with Crippen molar-refractivity contribution >= 4 is 32.5 Å². The minimum absolute atomic E-state index is 0.138. The molecule has 2 aromatic carbocycles. The highest BCUT2D eigenvalue weighted by molar-refractivity contribution is 9.10. The van der Waals surface area contributed by atoms with Gasteiger partial charge in [-0.25, -0.2) is 9.36 Å². The van der Waals surface area contributed by atoms with Gasteiger partial charge in [-0.15, -0.1) is 0 Å². The predicted octanol–water partition coefficient (Wildman–Crippen LogP) is 2.35. The molecule has 0 saturated heterocycles. The van der Waals surface area contributed by atoms with Gasteiger partial charge in [0.2, 0.25) is 0 Å². The Kier molecular flexibility index (Phi) is 3.38. The number of fused-ring (bicyclic) bond motifs is 1. The number of aromatic amines is 1. The molecule has 0 radical (unpaired) electrons. The third kappa shape index (κ3) is 2.23. The van der Waals surface area contributed by atoms with Crippen molar-refractivity contribution in [3.63, 3.8) is 0 Å². The molecular weight excluding hydrogens is 354 g/mol. The van der Waals surface area contributed by atoms with Gasteiger partial charge in [0.1, 0.15) is 0 Å². The van der Waals surface area contributed by atoms with Gasteiger partial charge >= 0.3 is 5.69 Å². The van der Waals surface area contributed by atoms with Crippen molar-refractivity contribution in [1.29, 1.82) is 0 Å². The second kappa shape index (κ2) is 5.23. The SMILES string of the molecule is O=c1[nH]c2ccccc2c(=O)n1-c1ccc([N+](=O)[O-])cc1Br. The van der Waals surface area contributed by atoms with Crippen molar-refractivity contribution in [1.82, 2.24) is 9.55 Å². The molecule has 7 nitrogen and oxygen atoms in total. The van der Waals surface area contributed by atoms with Gasteiger partial charge in [-0.3, -0.25) is 14.9 Å². The van der Waals surface area contributed by atoms with E-state index in [2.05, 4.69) is 20.9 Å². The van der Waals surface area contributed by atoms with E-state index in [-0.39, 0.29) is 15.8 Å². The quantitative estimate of drug-likeness (QED) is 0.559. The summed E-state index contributed by atoms with van der Waals surface area (Å²) >= 11 is 3.17. The fourth-order valence-corrected chi connectivity index (χ4v) is 2.72. The van der Waals surface area contributed by atoms with Crippen LogP contribution >= 0.6 is 15.9 Å². The number of nitrogens with zero attached hydrogens (tertiary/aromatic N) is 2. The van der Waals surface area contributed by atoms with Crippen molar-refractivity contribution in [2.24, 2.45) is 0 Å². The zero-order valence-corrected chi connectivity index (χ0v) is 12.5. The molecule has 0 aliphatic heterocycles. The van der Waals surface area contributed by atoms with Gasteiger partial charge in [0.15, 0.2) is 0 Å². The summed E-state index contributed by atoms with van der Waals surface area (Å²) in [6.45, 7) is 0. The minimum Gasteiger partial charge on any atom is -0.306 e. The average Bonchev–Trinajstić information content (AvgIpc) is 2.48. The molecule has 22 heavy (non-hydrogen) atoms. The summed E-state index contributed by atoms with van der Waals surface area (Å²) in [5, 5.41) is 11.1. The Bertz CT molecular complexity index is 1020. The number of halogens is 1. The summed E-state index contributed by atoms with van der Waals surface area (Å²) < 4.78 is 1.22. The maximum Gasteiger partial charge on any atom is 0.333 e. The van der Waals surface area contributed by atoms with Crippen LogP contribution in [-0.4, -0.2) is 14.5 Å². The summed E-state index contributed by atoms with van der Waals surface area (Å²) in [6, 6.07) is 10.5. The monoisotopic (exact) mass is 361 g/mol. The number of nitro groups is 1. The molecule has 0 aliphatic carbocycles. The Labute approximate surface area is 131 Å². The van der Waals surface area contributed by atoms with Gasteiger partial charge in [-0.1, -0.05) is 12.1 Å². The number of benzene rings is 2. The zero-order valence-electron chi connectivity index (χ0n) is 10.9. The van der Waals surface area contributed by atoms with Gasteiger partial charge in [-0.05, 0) is 34.1 Å². The summed E-state index contributed by atoms with van der Waals surface area (Å²) in [5.74, 6) is 0. The molecule has 0 aliphatic rings. The maximum atomic E-state index is 12.5. The second-order valence-corrected chi connectivity index (χ2v) is 5.36. The third-order valence-electron chi connectivity index (χ3n) is 3.19. The molecule has 3 rings (SSSR count). The van der Waals surface area contributed by atoms with Gasteiger partial charge in [0, 0.05) is 16.6 Å². The van der Waals surface area contributed by atoms with Crippen LogP contribution < -0.4 is 11.2 Å². The molecule has 110 valence electrons. The Morgan fingerprint density at radius 3 is 2.55 bits per heavy atom. The van der Waals surface area contributed by atoms with Crippen LogP contribution in [-0.2, 0) is 0 Å². The molecule has 1 heterocycles. The van der Waals surface area contributed by atoms with E-state index in [1.807, 2.05) is 0 Å². The van der Waals surface area contributed by atoms with E-state index >= 15 is 0 Å². The van der Waals surface area contributed by atoms with Crippen LogP contribution in [0.4, 0.5) is 5.69 Å². The Balaban J connectivity index is 2.34. The minimum atomic E-state index is -0.613. The highest BCUT2D eigenvalue weighted by atomic mass is 79.9. The molecular formula is C14H8BrN3O4. The van der Waals surface area contributed by atoms with Crippen LogP contribution in [0.1, 0.15) is 0 Å². The fourth-order valence-electron chi connectivity index (χ4n) is 2.17. The van der Waals surface area contributed by atoms with E-state index in [0.717, 1.165) is 4.57 Å². The molecule has 0 amide bonds. The lowest BCUT2D eigenvalue weighted by atomic mass is 10.2. The summed E-state index contributed by atoms with van der Waals surface area (Å²) in [7, 11) is 0. The molecule has 8 heteroatoms. The highest BCUT2D eigenvalue weighted by Crippen LogP contribution is 2.24. The number of rotatable bonds is 2. The standard InChI is InChI=1S/C14H8BrN3O4/c15-10-7-8(18(21)22)5-6-12(10)17-13(19)9-3-1-2-4-11(9)16-14(17)20/h1-7H,(H,16,20). The normalized spacial score (nSPS) is 10.8. The number of para-hydroxylation sites is 1. The first kappa shape index (κ1) is 14.2. The summed E-state index contributed by atoms with van der Waals surface area (Å²) in [4.78, 5) is 37.5. The number of aromatic nitrogens is 2. The highest BCUT2D eigenvalue weighted by Gasteiger charge is 2.15. The third-order valence-corrected chi connectivity index (χ3v) is 3.82. The smallest absolute Gasteiger partial charge is 0.306 e. The van der Waals surface area contributed by atoms with Gasteiger partial charge in [0.25, 0.3) is 11.2 Å². The van der Waals surface area contributed by atoms with E-state index in [9.17, 15) is 19.7 Å². The van der Waals surface area contributed by atoms with Crippen LogP contribution in [0.3, 0.4) is 0 Å². The van der Waals surface area contributed by atoms with Crippen LogP contribution in [0, 0.1) is 10.1 Å². The van der Waals surface area contributed by atoms with Crippen molar-refractivity contribution in [3.05, 3.63) is 77.9 Å². The first-order valence-corrected chi connectivity index (χ1v) is 6.97. The number of hydrogen-bond acceptors (Lipinski definition) is 4. The van der Waals surface area contributed by atoms with Crippen LogP contribution in [0.5, 0.6) is 0 Å². The van der Waals surface area contributed by atoms with Crippen molar-refractivity contribution < 1.29 is 4.92 Å². The number of non-ortho nitro benzene ring substituents is 1. The fraction of sp³-hybridized carbons (Fsp3) is 0. The summed E-state index contributed by atoms with van der Waals surface area (Å²) in [6.07, 6.45) is 0. The van der Waals surface area contributed by atoms with E-state index in [4.69, 9.17) is 0 Å². The Hall–Kier alpha value is -2.74. The van der Waals surface area contributed by atoms with Crippen molar-refractivity contribution in [3.8, 4) is 5.69 Å². The number of nitro benzene ring substituents is 1. The lowest BCUT2D eigenvalue weighted by Gasteiger charge is -2.08. The van der Waals surface area contributed by atoms with Crippen LogP contribution in [0.25, 0.3) is 16.6 Å². The first-order chi connectivity index (χ1) is 10.5. The molecule has 0 atom stereocenters. The predicted molar refractivity (Wildman–Crippen MR) is 84.5 cm³/mol. The lowest BCUT2D eigenvalue weighted by molar-refractivity contribution is -0.384. The first-order valence-electron chi connectivity index (χ1n) is 6.17. The molecule has 3 aromatic rings. The summed E-state index contributed by atoms with van der Waals surface area (Å²) in [5.41, 5.74) is -0.567. The molecule has 1 aromatic heterocycles. The lowest BCUT2D eigenvalue weighted by Crippen LogP contribution is -2.33. The molecule has 1 N–H and O–H groups in total. The van der Waals surface area contributed by atoms with Crippen LogP contribution in [0.15, 0.2) is 56.5 Å². The van der Waals surface area contributed by atoms with Gasteiger partial charge in [0.05, 0.1) is 21.5 Å². The Morgan fingerprint density at radius 1 is 1.14 bits per heavy atom. The van der Waals surface area contributed by atoms with E-state index < -0.39 is 16.2 Å². The molecule has 0 spiro atoms. The van der Waals surface area contributed by atoms with Crippen molar-refractivity contribution in [2.75, 3.05) is 0 Å². The molecule has 0 saturated carbocycles. The van der Waals surface area contributed by atoms with Gasteiger partial charge in [-0.2, -0.15) is 0 Å². The number of H-pyrrole nitrogens is 1. The zero-order chi connectivity index (χ0) is 15.9.